The largest absolute Gasteiger partial charge is 0.496 e. The molecule has 4 aromatic rings. The molecule has 2 aromatic carbocycles. The molecule has 27 heavy (non-hydrogen) atoms. The number of furan rings is 1. The summed E-state index contributed by atoms with van der Waals surface area (Å²) in [6.07, 6.45) is 2.95. The number of benzene rings is 2. The molecule has 7 nitrogen and oxygen atoms in total. The summed E-state index contributed by atoms with van der Waals surface area (Å²) in [6.45, 7) is 0. The first-order valence-corrected chi connectivity index (χ1v) is 8.24. The van der Waals surface area contributed by atoms with Crippen molar-refractivity contribution >= 4 is 22.9 Å². The molecule has 0 saturated carbocycles. The summed E-state index contributed by atoms with van der Waals surface area (Å²) in [5.74, 6) is 0.819. The Morgan fingerprint density at radius 1 is 1.22 bits per heavy atom. The van der Waals surface area contributed by atoms with Crippen molar-refractivity contribution in [1.82, 2.24) is 15.6 Å². The van der Waals surface area contributed by atoms with E-state index in [0.717, 1.165) is 16.3 Å². The number of hydrogen-bond acceptors (Lipinski definition) is 5. The topological polar surface area (TPSA) is 92.5 Å². The van der Waals surface area contributed by atoms with Crippen LogP contribution < -0.4 is 10.2 Å². The lowest BCUT2D eigenvalue weighted by Gasteiger charge is -2.09. The van der Waals surface area contributed by atoms with Crippen LogP contribution in [0.2, 0.25) is 0 Å². The highest BCUT2D eigenvalue weighted by molar-refractivity contribution is 6.00. The van der Waals surface area contributed by atoms with Crippen molar-refractivity contribution in [2.75, 3.05) is 7.11 Å². The van der Waals surface area contributed by atoms with Crippen molar-refractivity contribution in [3.8, 4) is 17.0 Å². The lowest BCUT2D eigenvalue weighted by atomic mass is 10.0. The lowest BCUT2D eigenvalue weighted by Crippen LogP contribution is -2.17. The number of carbonyl (C=O) groups is 1. The first-order chi connectivity index (χ1) is 13.3. The Bertz CT molecular complexity index is 1110. The van der Waals surface area contributed by atoms with Gasteiger partial charge in [-0.15, -0.1) is 0 Å². The molecule has 0 bridgehead atoms. The van der Waals surface area contributed by atoms with Gasteiger partial charge in [0.15, 0.2) is 0 Å². The van der Waals surface area contributed by atoms with E-state index < -0.39 is 5.91 Å². The van der Waals surface area contributed by atoms with Gasteiger partial charge in [-0.25, -0.2) is 5.43 Å². The number of nitrogens with zero attached hydrogens (tertiary/aromatic N) is 2. The molecule has 0 aliphatic carbocycles. The summed E-state index contributed by atoms with van der Waals surface area (Å²) in [6, 6.07) is 17.0. The summed E-state index contributed by atoms with van der Waals surface area (Å²) in [4.78, 5) is 12.3. The van der Waals surface area contributed by atoms with Gasteiger partial charge in [-0.05, 0) is 35.0 Å². The number of hydrogen-bond donors (Lipinski definition) is 2. The molecule has 0 atom stereocenters. The third-order valence-corrected chi connectivity index (χ3v) is 4.09. The molecule has 0 saturated heterocycles. The SMILES string of the molecule is COc1ccc2ccccc2c1-c1cc(C(=O)N/N=C\c2ccco2)[nH]n1. The summed E-state index contributed by atoms with van der Waals surface area (Å²) in [7, 11) is 1.61. The Morgan fingerprint density at radius 3 is 2.93 bits per heavy atom. The second-order valence-corrected chi connectivity index (χ2v) is 5.75. The second-order valence-electron chi connectivity index (χ2n) is 5.75. The summed E-state index contributed by atoms with van der Waals surface area (Å²) >= 11 is 0. The molecule has 0 aliphatic rings. The number of aromatic nitrogens is 2. The van der Waals surface area contributed by atoms with E-state index in [2.05, 4.69) is 20.7 Å². The van der Waals surface area contributed by atoms with Crippen LogP contribution in [0, 0.1) is 0 Å². The van der Waals surface area contributed by atoms with E-state index in [-0.39, 0.29) is 5.69 Å². The van der Waals surface area contributed by atoms with Crippen LogP contribution in [0.1, 0.15) is 16.2 Å². The molecule has 2 heterocycles. The number of amides is 1. The fourth-order valence-corrected chi connectivity index (χ4v) is 2.83. The third kappa shape index (κ3) is 3.30. The van der Waals surface area contributed by atoms with Gasteiger partial charge in [0.1, 0.15) is 17.2 Å². The van der Waals surface area contributed by atoms with Gasteiger partial charge < -0.3 is 9.15 Å². The molecule has 2 N–H and O–H groups in total. The van der Waals surface area contributed by atoms with E-state index in [1.807, 2.05) is 36.4 Å². The van der Waals surface area contributed by atoms with Crippen molar-refractivity contribution in [2.45, 2.75) is 0 Å². The molecular weight excluding hydrogens is 344 g/mol. The van der Waals surface area contributed by atoms with Crippen LogP contribution in [0.25, 0.3) is 22.0 Å². The maximum Gasteiger partial charge on any atom is 0.289 e. The van der Waals surface area contributed by atoms with E-state index in [4.69, 9.17) is 9.15 Å². The maximum absolute atomic E-state index is 12.3. The minimum absolute atomic E-state index is 0.289. The monoisotopic (exact) mass is 360 g/mol. The van der Waals surface area contributed by atoms with Crippen LogP contribution in [-0.2, 0) is 0 Å². The standard InChI is InChI=1S/C20H16N4O3/c1-26-18-9-8-13-5-2-3-7-15(13)19(18)16-11-17(23-22-16)20(25)24-21-12-14-6-4-10-27-14/h2-12H,1H3,(H,22,23)(H,24,25)/b21-12-. The van der Waals surface area contributed by atoms with Crippen molar-refractivity contribution < 1.29 is 13.9 Å². The zero-order valence-corrected chi connectivity index (χ0v) is 14.5. The first kappa shape index (κ1) is 16.6. The molecule has 0 fully saturated rings. The molecule has 134 valence electrons. The highest BCUT2D eigenvalue weighted by Crippen LogP contribution is 2.36. The lowest BCUT2D eigenvalue weighted by molar-refractivity contribution is 0.0950. The molecule has 4 rings (SSSR count). The highest BCUT2D eigenvalue weighted by atomic mass is 16.5. The van der Waals surface area contributed by atoms with E-state index >= 15 is 0 Å². The predicted molar refractivity (Wildman–Crippen MR) is 102 cm³/mol. The molecular formula is C20H16N4O3. The quantitative estimate of drug-likeness (QED) is 0.420. The zero-order valence-electron chi connectivity index (χ0n) is 14.5. The molecule has 0 unspecified atom stereocenters. The molecule has 7 heteroatoms. The summed E-state index contributed by atoms with van der Waals surface area (Å²) < 4.78 is 10.6. The van der Waals surface area contributed by atoms with Crippen molar-refractivity contribution in [3.05, 3.63) is 72.3 Å². The Balaban J connectivity index is 1.63. The molecule has 1 amide bonds. The minimum Gasteiger partial charge on any atom is -0.496 e. The number of H-pyrrole nitrogens is 1. The number of hydrazone groups is 1. The van der Waals surface area contributed by atoms with Crippen LogP contribution in [0.15, 0.2) is 70.4 Å². The van der Waals surface area contributed by atoms with Crippen molar-refractivity contribution in [1.29, 1.82) is 0 Å². The number of ether oxygens (including phenoxy) is 1. The zero-order chi connectivity index (χ0) is 18.6. The van der Waals surface area contributed by atoms with E-state index in [9.17, 15) is 4.79 Å². The summed E-state index contributed by atoms with van der Waals surface area (Å²) in [5, 5.41) is 13.0. The van der Waals surface area contributed by atoms with Crippen LogP contribution in [0.3, 0.4) is 0 Å². The smallest absolute Gasteiger partial charge is 0.289 e. The van der Waals surface area contributed by atoms with Crippen LogP contribution >= 0.6 is 0 Å². The molecule has 0 aliphatic heterocycles. The van der Waals surface area contributed by atoms with Gasteiger partial charge >= 0.3 is 0 Å². The van der Waals surface area contributed by atoms with E-state index in [0.29, 0.717) is 17.2 Å². The van der Waals surface area contributed by atoms with Gasteiger partial charge in [-0.2, -0.15) is 10.2 Å². The van der Waals surface area contributed by atoms with Crippen LogP contribution in [0.5, 0.6) is 5.75 Å². The Kier molecular flexibility index (Phi) is 4.40. The molecule has 0 spiro atoms. The number of fused-ring (bicyclic) bond motifs is 1. The Labute approximate surface area is 154 Å². The van der Waals surface area contributed by atoms with Gasteiger partial charge in [0, 0.05) is 0 Å². The number of rotatable bonds is 5. The van der Waals surface area contributed by atoms with Gasteiger partial charge in [-0.1, -0.05) is 30.3 Å². The van der Waals surface area contributed by atoms with E-state index in [1.54, 1.807) is 25.3 Å². The maximum atomic E-state index is 12.3. The van der Waals surface area contributed by atoms with Crippen LogP contribution in [-0.4, -0.2) is 29.4 Å². The second kappa shape index (κ2) is 7.17. The number of nitrogens with one attached hydrogen (secondary N) is 2. The number of aromatic amines is 1. The molecule has 0 radical (unpaired) electrons. The highest BCUT2D eigenvalue weighted by Gasteiger charge is 2.16. The fourth-order valence-electron chi connectivity index (χ4n) is 2.83. The average molecular weight is 360 g/mol. The van der Waals surface area contributed by atoms with Crippen molar-refractivity contribution in [3.63, 3.8) is 0 Å². The third-order valence-electron chi connectivity index (χ3n) is 4.09. The van der Waals surface area contributed by atoms with E-state index in [1.165, 1.54) is 12.5 Å². The minimum atomic E-state index is -0.407. The van der Waals surface area contributed by atoms with Crippen LogP contribution in [0.4, 0.5) is 0 Å². The van der Waals surface area contributed by atoms with Gasteiger partial charge in [-0.3, -0.25) is 9.89 Å². The van der Waals surface area contributed by atoms with Gasteiger partial charge in [0.05, 0.1) is 30.8 Å². The number of carbonyl (C=O) groups excluding carboxylic acids is 1. The Morgan fingerprint density at radius 2 is 2.11 bits per heavy atom. The summed E-state index contributed by atoms with van der Waals surface area (Å²) in [5.41, 5.74) is 4.16. The fraction of sp³-hybridized carbons (Fsp3) is 0.0500. The van der Waals surface area contributed by atoms with Gasteiger partial charge in [0.25, 0.3) is 5.91 Å². The normalized spacial score (nSPS) is 11.1. The average Bonchev–Trinajstić information content (AvgIpc) is 3.39. The first-order valence-electron chi connectivity index (χ1n) is 8.24. The predicted octanol–water partition coefficient (Wildman–Crippen LogP) is 3.60. The Hall–Kier alpha value is -3.87. The van der Waals surface area contributed by atoms with Crippen molar-refractivity contribution in [2.24, 2.45) is 5.10 Å². The number of methoxy groups -OCH3 is 1. The van der Waals surface area contributed by atoms with Gasteiger partial charge in [0.2, 0.25) is 0 Å². The molecule has 2 aromatic heterocycles.